The van der Waals surface area contributed by atoms with Crippen molar-refractivity contribution < 1.29 is 4.79 Å². The van der Waals surface area contributed by atoms with Crippen LogP contribution in [0.5, 0.6) is 0 Å². The van der Waals surface area contributed by atoms with Crippen molar-refractivity contribution in [3.05, 3.63) is 23.0 Å². The second-order valence-corrected chi connectivity index (χ2v) is 6.69. The van der Waals surface area contributed by atoms with E-state index >= 15 is 0 Å². The number of hydrogen-bond donors (Lipinski definition) is 1. The number of aromatic nitrogens is 1. The van der Waals surface area contributed by atoms with Crippen molar-refractivity contribution in [1.29, 1.82) is 0 Å². The van der Waals surface area contributed by atoms with Crippen molar-refractivity contribution in [1.82, 2.24) is 14.8 Å². The molecule has 2 saturated heterocycles. The number of urea groups is 1. The molecular weight excluding hydrogens is 300 g/mol. The molecule has 0 saturated carbocycles. The number of aryl methyl sites for hydroxylation is 1. The third-order valence-corrected chi connectivity index (χ3v) is 4.79. The first-order chi connectivity index (χ1) is 10.6. The third kappa shape index (κ3) is 3.70. The van der Waals surface area contributed by atoms with Crippen molar-refractivity contribution >= 4 is 23.3 Å². The maximum absolute atomic E-state index is 12.4. The summed E-state index contributed by atoms with van der Waals surface area (Å²) in [4.78, 5) is 21.0. The van der Waals surface area contributed by atoms with Crippen molar-refractivity contribution in [2.24, 2.45) is 5.92 Å². The van der Waals surface area contributed by atoms with E-state index in [0.717, 1.165) is 37.4 Å². The minimum atomic E-state index is -0.0313. The molecule has 2 amide bonds. The largest absolute Gasteiger partial charge is 0.324 e. The summed E-state index contributed by atoms with van der Waals surface area (Å²) in [5, 5.41) is 3.39. The van der Waals surface area contributed by atoms with E-state index in [-0.39, 0.29) is 6.03 Å². The monoisotopic (exact) mass is 322 g/mol. The molecule has 1 atom stereocenters. The predicted octanol–water partition coefficient (Wildman–Crippen LogP) is 2.99. The van der Waals surface area contributed by atoms with E-state index in [0.29, 0.717) is 11.1 Å². The summed E-state index contributed by atoms with van der Waals surface area (Å²) >= 11 is 5.84. The first kappa shape index (κ1) is 15.6. The zero-order chi connectivity index (χ0) is 15.5. The first-order valence-corrected chi connectivity index (χ1v) is 8.41. The standard InChI is InChI=1S/C16H23ClN4O/c1-12-14(4-5-15(17)18-12)19-16(22)21-9-6-13(11-21)10-20-7-2-3-8-20/h4-5,13H,2-3,6-11H2,1H3,(H,19,22). The molecule has 1 aromatic heterocycles. The minimum absolute atomic E-state index is 0.0313. The maximum Gasteiger partial charge on any atom is 0.321 e. The molecule has 2 aliphatic rings. The van der Waals surface area contributed by atoms with Gasteiger partial charge >= 0.3 is 6.03 Å². The molecule has 3 heterocycles. The summed E-state index contributed by atoms with van der Waals surface area (Å²) in [5.74, 6) is 0.605. The molecule has 3 rings (SSSR count). The highest BCUT2D eigenvalue weighted by Gasteiger charge is 2.28. The number of anilines is 1. The van der Waals surface area contributed by atoms with Gasteiger partial charge in [-0.15, -0.1) is 0 Å². The van der Waals surface area contributed by atoms with Crippen LogP contribution in [0, 0.1) is 12.8 Å². The molecule has 0 aliphatic carbocycles. The fraction of sp³-hybridized carbons (Fsp3) is 0.625. The molecule has 1 aromatic rings. The zero-order valence-corrected chi connectivity index (χ0v) is 13.8. The van der Waals surface area contributed by atoms with E-state index in [1.807, 2.05) is 11.8 Å². The van der Waals surface area contributed by atoms with Crippen molar-refractivity contribution in [3.63, 3.8) is 0 Å². The molecule has 120 valence electrons. The maximum atomic E-state index is 12.4. The van der Waals surface area contributed by atoms with Crippen LogP contribution in [0.1, 0.15) is 25.0 Å². The van der Waals surface area contributed by atoms with E-state index in [4.69, 9.17) is 11.6 Å². The van der Waals surface area contributed by atoms with E-state index < -0.39 is 0 Å². The van der Waals surface area contributed by atoms with Gasteiger partial charge in [0.2, 0.25) is 0 Å². The lowest BCUT2D eigenvalue weighted by molar-refractivity contribution is 0.217. The van der Waals surface area contributed by atoms with Gasteiger partial charge in [0.05, 0.1) is 11.4 Å². The van der Waals surface area contributed by atoms with Gasteiger partial charge < -0.3 is 15.1 Å². The Kier molecular flexibility index (Phi) is 4.84. The molecule has 0 radical (unpaired) electrons. The number of likely N-dealkylation sites (tertiary alicyclic amines) is 2. The number of nitrogens with zero attached hydrogens (tertiary/aromatic N) is 3. The fourth-order valence-corrected chi connectivity index (χ4v) is 3.54. The summed E-state index contributed by atoms with van der Waals surface area (Å²) in [6.45, 7) is 7.11. The molecule has 5 nitrogen and oxygen atoms in total. The van der Waals surface area contributed by atoms with Gasteiger partial charge in [-0.1, -0.05) is 11.6 Å². The van der Waals surface area contributed by atoms with Gasteiger partial charge in [-0.25, -0.2) is 9.78 Å². The number of amides is 2. The zero-order valence-electron chi connectivity index (χ0n) is 13.0. The minimum Gasteiger partial charge on any atom is -0.324 e. The summed E-state index contributed by atoms with van der Waals surface area (Å²) in [6, 6.07) is 3.47. The molecule has 0 spiro atoms. The summed E-state index contributed by atoms with van der Waals surface area (Å²) in [5.41, 5.74) is 1.48. The smallest absolute Gasteiger partial charge is 0.321 e. The van der Waals surface area contributed by atoms with Crippen LogP contribution in [-0.4, -0.2) is 53.5 Å². The molecule has 0 aromatic carbocycles. The quantitative estimate of drug-likeness (QED) is 0.870. The van der Waals surface area contributed by atoms with Gasteiger partial charge in [-0.05, 0) is 57.3 Å². The molecule has 22 heavy (non-hydrogen) atoms. The van der Waals surface area contributed by atoms with Crippen LogP contribution in [0.15, 0.2) is 12.1 Å². The number of rotatable bonds is 3. The average molecular weight is 323 g/mol. The van der Waals surface area contributed by atoms with Gasteiger partial charge in [0.15, 0.2) is 0 Å². The SMILES string of the molecule is Cc1nc(Cl)ccc1NC(=O)N1CCC(CN2CCCC2)C1. The number of halogens is 1. The summed E-state index contributed by atoms with van der Waals surface area (Å²) in [6.07, 6.45) is 3.74. The molecule has 1 N–H and O–H groups in total. The lowest BCUT2D eigenvalue weighted by Crippen LogP contribution is -2.35. The van der Waals surface area contributed by atoms with Gasteiger partial charge in [0, 0.05) is 19.6 Å². The highest BCUT2D eigenvalue weighted by atomic mass is 35.5. The van der Waals surface area contributed by atoms with Gasteiger partial charge in [-0.2, -0.15) is 0 Å². The Hall–Kier alpha value is -1.33. The molecular formula is C16H23ClN4O. The Balaban J connectivity index is 1.52. The lowest BCUT2D eigenvalue weighted by atomic mass is 10.1. The van der Waals surface area contributed by atoms with Crippen LogP contribution < -0.4 is 5.32 Å². The molecule has 2 fully saturated rings. The second-order valence-electron chi connectivity index (χ2n) is 6.31. The Morgan fingerprint density at radius 3 is 2.86 bits per heavy atom. The Labute approximate surface area is 136 Å². The van der Waals surface area contributed by atoms with Crippen LogP contribution in [-0.2, 0) is 0 Å². The molecule has 6 heteroatoms. The number of pyridine rings is 1. The highest BCUT2D eigenvalue weighted by Crippen LogP contribution is 2.22. The van der Waals surface area contributed by atoms with E-state index in [9.17, 15) is 4.79 Å². The molecule has 2 aliphatic heterocycles. The highest BCUT2D eigenvalue weighted by molar-refractivity contribution is 6.29. The van der Waals surface area contributed by atoms with E-state index in [2.05, 4.69) is 15.2 Å². The number of carbonyl (C=O) groups excluding carboxylic acids is 1. The molecule has 0 bridgehead atoms. The average Bonchev–Trinajstić information content (AvgIpc) is 3.14. The van der Waals surface area contributed by atoms with Crippen LogP contribution in [0.4, 0.5) is 10.5 Å². The first-order valence-electron chi connectivity index (χ1n) is 8.03. The normalized spacial score (nSPS) is 22.3. The van der Waals surface area contributed by atoms with Crippen LogP contribution in [0.2, 0.25) is 5.15 Å². The topological polar surface area (TPSA) is 48.5 Å². The fourth-order valence-electron chi connectivity index (χ4n) is 3.35. The lowest BCUT2D eigenvalue weighted by Gasteiger charge is -2.21. The Morgan fingerprint density at radius 1 is 1.36 bits per heavy atom. The van der Waals surface area contributed by atoms with Gasteiger partial charge in [0.1, 0.15) is 5.15 Å². The number of hydrogen-bond acceptors (Lipinski definition) is 3. The predicted molar refractivity (Wildman–Crippen MR) is 88.4 cm³/mol. The Morgan fingerprint density at radius 2 is 2.14 bits per heavy atom. The van der Waals surface area contributed by atoms with Crippen LogP contribution in [0.25, 0.3) is 0 Å². The van der Waals surface area contributed by atoms with Crippen LogP contribution >= 0.6 is 11.6 Å². The molecule has 1 unspecified atom stereocenters. The van der Waals surface area contributed by atoms with Crippen molar-refractivity contribution in [2.45, 2.75) is 26.2 Å². The van der Waals surface area contributed by atoms with Crippen molar-refractivity contribution in [3.8, 4) is 0 Å². The van der Waals surface area contributed by atoms with Crippen molar-refractivity contribution in [2.75, 3.05) is 38.0 Å². The van der Waals surface area contributed by atoms with Gasteiger partial charge in [-0.3, -0.25) is 0 Å². The van der Waals surface area contributed by atoms with Crippen LogP contribution in [0.3, 0.4) is 0 Å². The number of nitrogens with one attached hydrogen (secondary N) is 1. The Bertz CT molecular complexity index is 545. The van der Waals surface area contributed by atoms with E-state index in [1.165, 1.54) is 25.9 Å². The number of carbonyl (C=O) groups is 1. The second kappa shape index (κ2) is 6.84. The van der Waals surface area contributed by atoms with Gasteiger partial charge in [0.25, 0.3) is 0 Å². The summed E-state index contributed by atoms with van der Waals surface area (Å²) in [7, 11) is 0. The van der Waals surface area contributed by atoms with E-state index in [1.54, 1.807) is 12.1 Å². The summed E-state index contributed by atoms with van der Waals surface area (Å²) < 4.78 is 0. The third-order valence-electron chi connectivity index (χ3n) is 4.58.